The largest absolute Gasteiger partial charge is 0.461 e. The number of esters is 1. The van der Waals surface area contributed by atoms with Gasteiger partial charge in [-0.1, -0.05) is 62.9 Å². The van der Waals surface area contributed by atoms with Crippen LogP contribution < -0.4 is 4.90 Å². The molecule has 3 unspecified atom stereocenters. The maximum atomic E-state index is 14.7. The van der Waals surface area contributed by atoms with Crippen molar-refractivity contribution in [2.75, 3.05) is 24.7 Å². The first-order chi connectivity index (χ1) is 18.8. The molecule has 3 aliphatic heterocycles. The molecule has 3 heterocycles. The molecule has 3 fully saturated rings. The summed E-state index contributed by atoms with van der Waals surface area (Å²) in [6.45, 7) is 11.6. The zero-order valence-electron chi connectivity index (χ0n) is 22.5. The van der Waals surface area contributed by atoms with E-state index in [1.807, 2.05) is 49.4 Å². The molecule has 2 bridgehead atoms. The summed E-state index contributed by atoms with van der Waals surface area (Å²) in [7, 11) is 0. The maximum Gasteiger partial charge on any atom is 0.311 e. The van der Waals surface area contributed by atoms with Crippen molar-refractivity contribution in [3.8, 4) is 0 Å². The SMILES string of the molecule is C=CCOC(=O)[C@@H]1[C@H]2C(=O)N([C@@H](CC)CO)C(C(=O)N(CC=C)c3ccc4ccccc4c3)C23S[C@@H]1CC3C. The van der Waals surface area contributed by atoms with Crippen LogP contribution in [0.4, 0.5) is 5.69 Å². The lowest BCUT2D eigenvalue weighted by molar-refractivity contribution is -0.154. The van der Waals surface area contributed by atoms with Crippen LogP contribution in [-0.2, 0) is 19.1 Å². The third-order valence-corrected chi connectivity index (χ3v) is 10.8. The van der Waals surface area contributed by atoms with Crippen LogP contribution in [0.3, 0.4) is 0 Å². The molecule has 0 aromatic heterocycles. The zero-order chi connectivity index (χ0) is 27.9. The molecule has 3 aliphatic rings. The quantitative estimate of drug-likeness (QED) is 0.354. The minimum absolute atomic E-state index is 0.0160. The number of aliphatic hydroxyl groups excluding tert-OH is 1. The lowest BCUT2D eigenvalue weighted by atomic mass is 9.66. The van der Waals surface area contributed by atoms with Crippen LogP contribution in [0.2, 0.25) is 0 Å². The lowest BCUT2D eigenvalue weighted by Gasteiger charge is -2.42. The molecule has 3 saturated heterocycles. The first-order valence-corrected chi connectivity index (χ1v) is 14.5. The van der Waals surface area contributed by atoms with Crippen LogP contribution >= 0.6 is 11.8 Å². The number of hydrogen-bond donors (Lipinski definition) is 1. The van der Waals surface area contributed by atoms with Crippen LogP contribution in [0.15, 0.2) is 67.8 Å². The number of likely N-dealkylation sites (tertiary alicyclic amines) is 1. The van der Waals surface area contributed by atoms with Crippen molar-refractivity contribution in [3.05, 3.63) is 67.8 Å². The number of hydrogen-bond acceptors (Lipinski definition) is 6. The van der Waals surface area contributed by atoms with E-state index in [4.69, 9.17) is 4.74 Å². The Bertz CT molecular complexity index is 1310. The Morgan fingerprint density at radius 3 is 2.64 bits per heavy atom. The molecule has 8 heteroatoms. The Hall–Kier alpha value is -3.10. The molecule has 2 amide bonds. The van der Waals surface area contributed by atoms with E-state index in [9.17, 15) is 19.5 Å². The van der Waals surface area contributed by atoms with E-state index in [0.29, 0.717) is 12.8 Å². The predicted molar refractivity (Wildman–Crippen MR) is 154 cm³/mol. The van der Waals surface area contributed by atoms with Gasteiger partial charge in [-0.25, -0.2) is 0 Å². The van der Waals surface area contributed by atoms with Crippen molar-refractivity contribution >= 4 is 46.0 Å². The van der Waals surface area contributed by atoms with Crippen molar-refractivity contribution in [2.24, 2.45) is 17.8 Å². The van der Waals surface area contributed by atoms with E-state index in [1.165, 1.54) is 6.08 Å². The van der Waals surface area contributed by atoms with E-state index in [0.717, 1.165) is 16.5 Å². The lowest BCUT2D eigenvalue weighted by Crippen LogP contribution is -2.59. The van der Waals surface area contributed by atoms with Gasteiger partial charge in [0.15, 0.2) is 0 Å². The molecule has 5 rings (SSSR count). The number of benzene rings is 2. The molecule has 0 radical (unpaired) electrons. The molecule has 39 heavy (non-hydrogen) atoms. The highest BCUT2D eigenvalue weighted by molar-refractivity contribution is 8.02. The molecule has 1 N–H and O–H groups in total. The fraction of sp³-hybridized carbons (Fsp3) is 0.452. The summed E-state index contributed by atoms with van der Waals surface area (Å²) in [5, 5.41) is 12.3. The minimum Gasteiger partial charge on any atom is -0.461 e. The zero-order valence-corrected chi connectivity index (χ0v) is 23.3. The molecular weight excluding hydrogens is 512 g/mol. The van der Waals surface area contributed by atoms with Crippen LogP contribution in [-0.4, -0.2) is 69.6 Å². The first-order valence-electron chi connectivity index (χ1n) is 13.6. The summed E-state index contributed by atoms with van der Waals surface area (Å²) in [5.74, 6) is -2.18. The number of amides is 2. The highest BCUT2D eigenvalue weighted by Gasteiger charge is 2.77. The van der Waals surface area contributed by atoms with Gasteiger partial charge in [-0.2, -0.15) is 0 Å². The summed E-state index contributed by atoms with van der Waals surface area (Å²) in [5.41, 5.74) is 0.718. The number of anilines is 1. The molecule has 7 atom stereocenters. The number of ether oxygens (including phenoxy) is 1. The fourth-order valence-corrected chi connectivity index (χ4v) is 9.39. The Labute approximate surface area is 233 Å². The number of rotatable bonds is 10. The van der Waals surface area contributed by atoms with Gasteiger partial charge in [0.25, 0.3) is 5.91 Å². The highest BCUT2D eigenvalue weighted by atomic mass is 32.2. The third kappa shape index (κ3) is 4.19. The van der Waals surface area contributed by atoms with Crippen molar-refractivity contribution in [1.29, 1.82) is 0 Å². The van der Waals surface area contributed by atoms with Gasteiger partial charge >= 0.3 is 5.97 Å². The standard InChI is InChI=1S/C31H36N2O5S/c1-5-14-32(23-13-12-20-10-8-9-11-21(20)17-23)29(36)27-31-19(4)16-24(39-31)25(30(37)38-15-6-2)26(31)28(35)33(27)22(7-3)18-34/h5-6,8-13,17,19,22,24-27,34H,1-2,7,14-16,18H2,3-4H3/t19?,22-,24+,25-,26-,27?,31?/m0/s1. The predicted octanol–water partition coefficient (Wildman–Crippen LogP) is 4.20. The summed E-state index contributed by atoms with van der Waals surface area (Å²) in [6, 6.07) is 12.5. The van der Waals surface area contributed by atoms with E-state index in [-0.39, 0.29) is 42.7 Å². The second kappa shape index (κ2) is 10.8. The third-order valence-electron chi connectivity index (χ3n) is 8.73. The molecule has 1 spiro atoms. The van der Waals surface area contributed by atoms with Crippen molar-refractivity contribution in [1.82, 2.24) is 4.90 Å². The van der Waals surface area contributed by atoms with Crippen molar-refractivity contribution < 1.29 is 24.2 Å². The number of carbonyl (C=O) groups is 3. The van der Waals surface area contributed by atoms with Gasteiger partial charge in [-0.3, -0.25) is 14.4 Å². The Morgan fingerprint density at radius 1 is 1.23 bits per heavy atom. The number of nitrogens with zero attached hydrogens (tertiary/aromatic N) is 2. The number of carbonyl (C=O) groups excluding carboxylic acids is 3. The number of aliphatic hydroxyl groups is 1. The van der Waals surface area contributed by atoms with Crippen molar-refractivity contribution in [3.63, 3.8) is 0 Å². The van der Waals surface area contributed by atoms with Crippen LogP contribution in [0, 0.1) is 17.8 Å². The summed E-state index contributed by atoms with van der Waals surface area (Å²) in [4.78, 5) is 45.5. The highest BCUT2D eigenvalue weighted by Crippen LogP contribution is 2.69. The monoisotopic (exact) mass is 548 g/mol. The minimum atomic E-state index is -0.833. The Morgan fingerprint density at radius 2 is 1.97 bits per heavy atom. The summed E-state index contributed by atoms with van der Waals surface area (Å²) < 4.78 is 4.66. The molecule has 0 aliphatic carbocycles. The molecule has 2 aromatic carbocycles. The Balaban J connectivity index is 1.62. The van der Waals surface area contributed by atoms with Crippen LogP contribution in [0.1, 0.15) is 26.7 Å². The average Bonchev–Trinajstić information content (AvgIpc) is 3.54. The summed E-state index contributed by atoms with van der Waals surface area (Å²) in [6.07, 6.45) is 4.40. The second-order valence-electron chi connectivity index (χ2n) is 10.7. The van der Waals surface area contributed by atoms with Gasteiger partial charge in [-0.05, 0) is 41.7 Å². The van der Waals surface area contributed by atoms with Crippen LogP contribution in [0.5, 0.6) is 0 Å². The molecule has 2 aromatic rings. The topological polar surface area (TPSA) is 87.1 Å². The molecular formula is C31H36N2O5S. The van der Waals surface area contributed by atoms with Gasteiger partial charge in [-0.15, -0.1) is 18.3 Å². The van der Waals surface area contributed by atoms with Gasteiger partial charge in [0.05, 0.1) is 29.2 Å². The normalized spacial score (nSPS) is 29.8. The smallest absolute Gasteiger partial charge is 0.311 e. The van der Waals surface area contributed by atoms with Gasteiger partial charge in [0.2, 0.25) is 5.91 Å². The van der Waals surface area contributed by atoms with E-state index in [2.05, 4.69) is 20.1 Å². The van der Waals surface area contributed by atoms with E-state index < -0.39 is 34.6 Å². The Kier molecular flexibility index (Phi) is 7.62. The van der Waals surface area contributed by atoms with Gasteiger partial charge in [0, 0.05) is 17.5 Å². The van der Waals surface area contributed by atoms with Crippen molar-refractivity contribution in [2.45, 2.75) is 48.8 Å². The van der Waals surface area contributed by atoms with Gasteiger partial charge in [0.1, 0.15) is 12.6 Å². The number of fused-ring (bicyclic) bond motifs is 2. The van der Waals surface area contributed by atoms with E-state index in [1.54, 1.807) is 27.6 Å². The molecule has 0 saturated carbocycles. The molecule has 7 nitrogen and oxygen atoms in total. The fourth-order valence-electron chi connectivity index (χ4n) is 7.00. The summed E-state index contributed by atoms with van der Waals surface area (Å²) >= 11 is 1.60. The number of thioether (sulfide) groups is 1. The molecule has 206 valence electrons. The first kappa shape index (κ1) is 27.5. The second-order valence-corrected chi connectivity index (χ2v) is 12.3. The van der Waals surface area contributed by atoms with E-state index >= 15 is 0 Å². The maximum absolute atomic E-state index is 14.7. The van der Waals surface area contributed by atoms with Gasteiger partial charge < -0.3 is 19.6 Å². The average molecular weight is 549 g/mol. The van der Waals surface area contributed by atoms with Crippen LogP contribution in [0.25, 0.3) is 10.8 Å².